The number of sulfonamides is 1. The second-order valence-corrected chi connectivity index (χ2v) is 9.49. The van der Waals surface area contributed by atoms with Crippen LogP contribution in [0, 0.1) is 0 Å². The van der Waals surface area contributed by atoms with Gasteiger partial charge in [0.05, 0.1) is 11.8 Å². The van der Waals surface area contributed by atoms with Crippen LogP contribution < -0.4 is 4.72 Å². The van der Waals surface area contributed by atoms with Gasteiger partial charge in [0.1, 0.15) is 0 Å². The maximum absolute atomic E-state index is 12.6. The number of hydrogen-bond acceptors (Lipinski definition) is 3. The van der Waals surface area contributed by atoms with Crippen LogP contribution >= 0.6 is 11.6 Å². The molecule has 0 bridgehead atoms. The van der Waals surface area contributed by atoms with E-state index in [1.165, 1.54) is 12.8 Å². The Kier molecular flexibility index (Phi) is 6.98. The highest BCUT2D eigenvalue weighted by Crippen LogP contribution is 2.24. The van der Waals surface area contributed by atoms with Gasteiger partial charge in [-0.15, -0.1) is 0 Å². The summed E-state index contributed by atoms with van der Waals surface area (Å²) in [5, 5.41) is 0.550. The first-order valence-electron chi connectivity index (χ1n) is 9.52. The van der Waals surface area contributed by atoms with Crippen molar-refractivity contribution in [2.75, 3.05) is 19.6 Å². The molecule has 1 N–H and O–H groups in total. The van der Waals surface area contributed by atoms with E-state index < -0.39 is 10.0 Å². The standard InChI is InChI=1S/C20H28ClN3O2S/c1-23-11-7-10-19(23)20(24-12-4-2-3-5-13-24)15-22-27(25,26)16-17-8-6-9-18(21)14-17/h6-11,14,20,22H,2-5,12-13,15-16H2,1H3. The summed E-state index contributed by atoms with van der Waals surface area (Å²) in [7, 11) is -1.43. The number of aryl methyl sites for hydroxylation is 1. The summed E-state index contributed by atoms with van der Waals surface area (Å²) in [5.41, 5.74) is 1.84. The van der Waals surface area contributed by atoms with Gasteiger partial charge in [-0.1, -0.05) is 36.6 Å². The van der Waals surface area contributed by atoms with Gasteiger partial charge in [0.15, 0.2) is 0 Å². The lowest BCUT2D eigenvalue weighted by atomic mass is 10.1. The number of nitrogens with one attached hydrogen (secondary N) is 1. The van der Waals surface area contributed by atoms with Gasteiger partial charge >= 0.3 is 0 Å². The van der Waals surface area contributed by atoms with Gasteiger partial charge in [-0.05, 0) is 55.8 Å². The zero-order valence-electron chi connectivity index (χ0n) is 15.8. The second-order valence-electron chi connectivity index (χ2n) is 7.25. The van der Waals surface area contributed by atoms with Crippen LogP contribution in [0.25, 0.3) is 0 Å². The summed E-state index contributed by atoms with van der Waals surface area (Å²) in [4.78, 5) is 2.42. The molecule has 148 valence electrons. The number of rotatable bonds is 7. The van der Waals surface area contributed by atoms with Crippen LogP contribution in [-0.4, -0.2) is 37.5 Å². The monoisotopic (exact) mass is 409 g/mol. The molecule has 1 fully saturated rings. The van der Waals surface area contributed by atoms with Crippen LogP contribution in [-0.2, 0) is 22.8 Å². The Morgan fingerprint density at radius 3 is 2.48 bits per heavy atom. The van der Waals surface area contributed by atoms with Crippen molar-refractivity contribution in [3.8, 4) is 0 Å². The van der Waals surface area contributed by atoms with Crippen LogP contribution in [0.15, 0.2) is 42.6 Å². The third-order valence-corrected chi connectivity index (χ3v) is 6.70. The fraction of sp³-hybridized carbons (Fsp3) is 0.500. The molecule has 1 aliphatic rings. The Bertz CT molecular complexity index is 842. The molecule has 1 unspecified atom stereocenters. The van der Waals surface area contributed by atoms with E-state index in [9.17, 15) is 8.42 Å². The molecule has 1 atom stereocenters. The fourth-order valence-corrected chi connectivity index (χ4v) is 5.10. The largest absolute Gasteiger partial charge is 0.353 e. The molecule has 0 amide bonds. The third-order valence-electron chi connectivity index (χ3n) is 5.15. The SMILES string of the molecule is Cn1cccc1C(CNS(=O)(=O)Cc1cccc(Cl)c1)N1CCCCCC1. The number of aromatic nitrogens is 1. The van der Waals surface area contributed by atoms with Gasteiger partial charge in [0.2, 0.25) is 10.0 Å². The van der Waals surface area contributed by atoms with Crippen molar-refractivity contribution in [3.05, 3.63) is 58.9 Å². The van der Waals surface area contributed by atoms with E-state index in [0.29, 0.717) is 17.1 Å². The van der Waals surface area contributed by atoms with Crippen molar-refractivity contribution in [1.82, 2.24) is 14.2 Å². The Morgan fingerprint density at radius 2 is 1.85 bits per heavy atom. The molecule has 1 aromatic carbocycles. The van der Waals surface area contributed by atoms with E-state index in [4.69, 9.17) is 11.6 Å². The molecule has 7 heteroatoms. The van der Waals surface area contributed by atoms with Crippen LogP contribution in [0.1, 0.15) is 43.0 Å². The number of hydrogen-bond donors (Lipinski definition) is 1. The molecule has 5 nitrogen and oxygen atoms in total. The van der Waals surface area contributed by atoms with Crippen molar-refractivity contribution in [3.63, 3.8) is 0 Å². The Balaban J connectivity index is 1.72. The van der Waals surface area contributed by atoms with Gasteiger partial charge in [-0.2, -0.15) is 0 Å². The predicted molar refractivity (Wildman–Crippen MR) is 110 cm³/mol. The Hall–Kier alpha value is -1.34. The molecular weight excluding hydrogens is 382 g/mol. The molecular formula is C20H28ClN3O2S. The Labute approximate surface area is 167 Å². The predicted octanol–water partition coefficient (Wildman–Crippen LogP) is 3.72. The average Bonchev–Trinajstić information content (AvgIpc) is 2.86. The molecule has 0 aliphatic carbocycles. The first-order valence-corrected chi connectivity index (χ1v) is 11.5. The van der Waals surface area contributed by atoms with Crippen LogP contribution in [0.2, 0.25) is 5.02 Å². The van der Waals surface area contributed by atoms with Crippen molar-refractivity contribution in [1.29, 1.82) is 0 Å². The fourth-order valence-electron chi connectivity index (χ4n) is 3.75. The minimum Gasteiger partial charge on any atom is -0.353 e. The molecule has 27 heavy (non-hydrogen) atoms. The molecule has 2 heterocycles. The van der Waals surface area contributed by atoms with Gasteiger partial charge in [0, 0.05) is 30.5 Å². The maximum atomic E-state index is 12.6. The molecule has 0 saturated carbocycles. The summed E-state index contributed by atoms with van der Waals surface area (Å²) in [5.74, 6) is -0.0621. The summed E-state index contributed by atoms with van der Waals surface area (Å²) >= 11 is 5.98. The lowest BCUT2D eigenvalue weighted by molar-refractivity contribution is 0.199. The number of benzene rings is 1. The minimum absolute atomic E-state index is 0.0391. The van der Waals surface area contributed by atoms with E-state index >= 15 is 0 Å². The highest BCUT2D eigenvalue weighted by Gasteiger charge is 2.25. The van der Waals surface area contributed by atoms with E-state index in [1.54, 1.807) is 24.3 Å². The Morgan fingerprint density at radius 1 is 1.11 bits per heavy atom. The smallest absolute Gasteiger partial charge is 0.215 e. The van der Waals surface area contributed by atoms with Crippen LogP contribution in [0.3, 0.4) is 0 Å². The van der Waals surface area contributed by atoms with Crippen molar-refractivity contribution in [2.24, 2.45) is 7.05 Å². The number of nitrogens with zero attached hydrogens (tertiary/aromatic N) is 2. The molecule has 0 radical (unpaired) electrons. The van der Waals surface area contributed by atoms with Crippen molar-refractivity contribution in [2.45, 2.75) is 37.5 Å². The molecule has 0 spiro atoms. The van der Waals surface area contributed by atoms with Gasteiger partial charge in [0.25, 0.3) is 0 Å². The van der Waals surface area contributed by atoms with E-state index in [-0.39, 0.29) is 11.8 Å². The summed E-state index contributed by atoms with van der Waals surface area (Å²) < 4.78 is 30.2. The average molecular weight is 410 g/mol. The number of likely N-dealkylation sites (tertiary alicyclic amines) is 1. The quantitative estimate of drug-likeness (QED) is 0.758. The highest BCUT2D eigenvalue weighted by atomic mass is 35.5. The summed E-state index contributed by atoms with van der Waals surface area (Å²) in [6.45, 7) is 2.39. The minimum atomic E-state index is -3.44. The van der Waals surface area contributed by atoms with Crippen molar-refractivity contribution < 1.29 is 8.42 Å². The molecule has 3 rings (SSSR count). The second kappa shape index (κ2) is 9.24. The lowest BCUT2D eigenvalue weighted by Crippen LogP contribution is -2.39. The molecule has 1 aromatic heterocycles. The maximum Gasteiger partial charge on any atom is 0.215 e. The summed E-state index contributed by atoms with van der Waals surface area (Å²) in [6.07, 6.45) is 6.83. The van der Waals surface area contributed by atoms with Gasteiger partial charge < -0.3 is 4.57 Å². The lowest BCUT2D eigenvalue weighted by Gasteiger charge is -2.31. The first kappa shape index (κ1) is 20.4. The third kappa shape index (κ3) is 5.82. The van der Waals surface area contributed by atoms with Crippen LogP contribution in [0.5, 0.6) is 0 Å². The van der Waals surface area contributed by atoms with E-state index in [0.717, 1.165) is 31.6 Å². The highest BCUT2D eigenvalue weighted by molar-refractivity contribution is 7.88. The van der Waals surface area contributed by atoms with Gasteiger partial charge in [-0.3, -0.25) is 4.90 Å². The van der Waals surface area contributed by atoms with E-state index in [1.807, 2.05) is 19.3 Å². The summed E-state index contributed by atoms with van der Waals surface area (Å²) in [6, 6.07) is 11.1. The molecule has 1 aliphatic heterocycles. The zero-order valence-corrected chi connectivity index (χ0v) is 17.3. The zero-order chi connectivity index (χ0) is 19.3. The van der Waals surface area contributed by atoms with Crippen molar-refractivity contribution >= 4 is 21.6 Å². The normalized spacial score (nSPS) is 17.6. The molecule has 1 saturated heterocycles. The first-order chi connectivity index (χ1) is 12.9. The van der Waals surface area contributed by atoms with E-state index in [2.05, 4.69) is 20.3 Å². The molecule has 2 aromatic rings. The topological polar surface area (TPSA) is 54.3 Å². The van der Waals surface area contributed by atoms with Gasteiger partial charge in [-0.25, -0.2) is 13.1 Å². The number of halogens is 1. The van der Waals surface area contributed by atoms with Crippen LogP contribution in [0.4, 0.5) is 0 Å².